The number of aromatic nitrogens is 2. The van der Waals surface area contributed by atoms with Gasteiger partial charge in [0.05, 0.1) is 18.3 Å². The standard InChI is InChI=1S/C20H27ClN2O3/c1-19(2,3)14-9-7-13(8-10-14)16(12-24)26-15-11-22-23(20(4,5)6)18(25)17(15)21/h7-11,16,24H,12H2,1-6H3. The molecule has 1 heterocycles. The molecule has 1 N–H and O–H groups in total. The molecule has 0 aliphatic carbocycles. The third-order valence-corrected chi connectivity index (χ3v) is 4.45. The fraction of sp³-hybridized carbons (Fsp3) is 0.500. The van der Waals surface area contributed by atoms with E-state index < -0.39 is 17.2 Å². The van der Waals surface area contributed by atoms with Crippen molar-refractivity contribution < 1.29 is 9.84 Å². The summed E-state index contributed by atoms with van der Waals surface area (Å²) in [6.45, 7) is 11.8. The number of halogens is 1. The Morgan fingerprint density at radius 1 is 1.15 bits per heavy atom. The number of rotatable bonds is 4. The maximum absolute atomic E-state index is 12.4. The van der Waals surface area contributed by atoms with Crippen LogP contribution in [0.1, 0.15) is 58.8 Å². The number of hydrogen-bond donors (Lipinski definition) is 1. The second-order valence-electron chi connectivity index (χ2n) is 8.37. The van der Waals surface area contributed by atoms with Crippen molar-refractivity contribution in [3.63, 3.8) is 0 Å². The van der Waals surface area contributed by atoms with Gasteiger partial charge in [-0.3, -0.25) is 4.79 Å². The molecule has 1 aromatic heterocycles. The Bertz CT molecular complexity index is 815. The second-order valence-corrected chi connectivity index (χ2v) is 8.75. The highest BCUT2D eigenvalue weighted by Crippen LogP contribution is 2.28. The Morgan fingerprint density at radius 2 is 1.73 bits per heavy atom. The fourth-order valence-corrected chi connectivity index (χ4v) is 2.71. The molecule has 0 aliphatic heterocycles. The van der Waals surface area contributed by atoms with Crippen LogP contribution in [0.3, 0.4) is 0 Å². The highest BCUT2D eigenvalue weighted by molar-refractivity contribution is 6.31. The lowest BCUT2D eigenvalue weighted by molar-refractivity contribution is 0.115. The lowest BCUT2D eigenvalue weighted by atomic mass is 9.86. The van der Waals surface area contributed by atoms with E-state index in [4.69, 9.17) is 16.3 Å². The Kier molecular flexibility index (Phi) is 5.83. The molecule has 2 aromatic rings. The number of benzene rings is 1. The first-order chi connectivity index (χ1) is 11.9. The van der Waals surface area contributed by atoms with Crippen molar-refractivity contribution in [2.45, 2.75) is 58.6 Å². The van der Waals surface area contributed by atoms with E-state index in [1.807, 2.05) is 45.0 Å². The van der Waals surface area contributed by atoms with Gasteiger partial charge in [-0.25, -0.2) is 4.68 Å². The van der Waals surface area contributed by atoms with Crippen LogP contribution in [-0.2, 0) is 11.0 Å². The largest absolute Gasteiger partial charge is 0.480 e. The first-order valence-electron chi connectivity index (χ1n) is 8.61. The predicted octanol–water partition coefficient (Wildman–Crippen LogP) is 4.06. The Labute approximate surface area is 159 Å². The summed E-state index contributed by atoms with van der Waals surface area (Å²) in [5, 5.41) is 13.9. The summed E-state index contributed by atoms with van der Waals surface area (Å²) < 4.78 is 7.11. The minimum Gasteiger partial charge on any atom is -0.480 e. The van der Waals surface area contributed by atoms with Crippen molar-refractivity contribution in [1.82, 2.24) is 9.78 Å². The van der Waals surface area contributed by atoms with E-state index in [0.717, 1.165) is 5.56 Å². The number of aliphatic hydroxyl groups is 1. The van der Waals surface area contributed by atoms with Crippen molar-refractivity contribution >= 4 is 11.6 Å². The molecule has 0 radical (unpaired) electrons. The molecule has 5 nitrogen and oxygen atoms in total. The van der Waals surface area contributed by atoms with Gasteiger partial charge in [0.25, 0.3) is 5.56 Å². The Balaban J connectivity index is 2.31. The van der Waals surface area contributed by atoms with E-state index in [0.29, 0.717) is 0 Å². The molecule has 0 amide bonds. The molecule has 2 rings (SSSR count). The van der Waals surface area contributed by atoms with Gasteiger partial charge in [-0.15, -0.1) is 0 Å². The smallest absolute Gasteiger partial charge is 0.289 e. The van der Waals surface area contributed by atoms with Gasteiger partial charge in [0.15, 0.2) is 10.8 Å². The SMILES string of the molecule is CC(C)(C)c1ccc(C(CO)Oc2cnn(C(C)(C)C)c(=O)c2Cl)cc1. The van der Waals surface area contributed by atoms with Gasteiger partial charge in [0.1, 0.15) is 6.10 Å². The molecule has 0 fully saturated rings. The van der Waals surface area contributed by atoms with E-state index >= 15 is 0 Å². The van der Waals surface area contributed by atoms with Crippen molar-refractivity contribution in [3.8, 4) is 5.75 Å². The van der Waals surface area contributed by atoms with Gasteiger partial charge in [0, 0.05) is 0 Å². The highest BCUT2D eigenvalue weighted by Gasteiger charge is 2.22. The molecule has 6 heteroatoms. The first kappa shape index (κ1) is 20.5. The van der Waals surface area contributed by atoms with Crippen LogP contribution in [0, 0.1) is 0 Å². The fourth-order valence-electron chi connectivity index (χ4n) is 2.54. The normalized spacial score (nSPS) is 13.5. The summed E-state index contributed by atoms with van der Waals surface area (Å²) in [5.41, 5.74) is 1.12. The maximum Gasteiger partial charge on any atom is 0.289 e. The summed E-state index contributed by atoms with van der Waals surface area (Å²) in [4.78, 5) is 12.4. The zero-order valence-corrected chi connectivity index (χ0v) is 17.0. The lowest BCUT2D eigenvalue weighted by Gasteiger charge is -2.23. The monoisotopic (exact) mass is 378 g/mol. The van der Waals surface area contributed by atoms with Crippen molar-refractivity contribution in [2.24, 2.45) is 0 Å². The van der Waals surface area contributed by atoms with Crippen molar-refractivity contribution in [2.75, 3.05) is 6.61 Å². The molecule has 0 saturated carbocycles. The number of nitrogens with zero attached hydrogens (tertiary/aromatic N) is 2. The number of hydrogen-bond acceptors (Lipinski definition) is 4. The van der Waals surface area contributed by atoms with Crippen LogP contribution in [0.4, 0.5) is 0 Å². The van der Waals surface area contributed by atoms with Gasteiger partial charge >= 0.3 is 0 Å². The minimum atomic E-state index is -0.631. The average Bonchev–Trinajstić information content (AvgIpc) is 2.54. The van der Waals surface area contributed by atoms with Crippen LogP contribution >= 0.6 is 11.6 Å². The highest BCUT2D eigenvalue weighted by atomic mass is 35.5. The van der Waals surface area contributed by atoms with Crippen LogP contribution in [0.25, 0.3) is 0 Å². The van der Waals surface area contributed by atoms with E-state index in [1.165, 1.54) is 16.4 Å². The van der Waals surface area contributed by atoms with E-state index in [9.17, 15) is 9.90 Å². The molecule has 26 heavy (non-hydrogen) atoms. The minimum absolute atomic E-state index is 0.0405. The average molecular weight is 379 g/mol. The predicted molar refractivity (Wildman–Crippen MR) is 104 cm³/mol. The van der Waals surface area contributed by atoms with Gasteiger partial charge in [0.2, 0.25) is 0 Å². The molecule has 0 spiro atoms. The van der Waals surface area contributed by atoms with Gasteiger partial charge in [-0.05, 0) is 37.3 Å². The van der Waals surface area contributed by atoms with Crippen LogP contribution in [0.5, 0.6) is 5.75 Å². The third-order valence-electron chi connectivity index (χ3n) is 4.11. The summed E-state index contributed by atoms with van der Waals surface area (Å²) in [7, 11) is 0. The Morgan fingerprint density at radius 3 is 2.19 bits per heavy atom. The van der Waals surface area contributed by atoms with Crippen molar-refractivity contribution in [3.05, 3.63) is 57.0 Å². The van der Waals surface area contributed by atoms with E-state index in [-0.39, 0.29) is 22.8 Å². The van der Waals surface area contributed by atoms with Crippen molar-refractivity contribution in [1.29, 1.82) is 0 Å². The molecule has 1 atom stereocenters. The van der Waals surface area contributed by atoms with E-state index in [1.54, 1.807) is 0 Å². The number of aliphatic hydroxyl groups excluding tert-OH is 1. The van der Waals surface area contributed by atoms with Gasteiger partial charge in [-0.2, -0.15) is 5.10 Å². The third kappa shape index (κ3) is 4.46. The molecule has 0 bridgehead atoms. The van der Waals surface area contributed by atoms with E-state index in [2.05, 4.69) is 25.9 Å². The van der Waals surface area contributed by atoms with Gasteiger partial charge in [-0.1, -0.05) is 56.6 Å². The zero-order valence-electron chi connectivity index (χ0n) is 16.2. The molecule has 1 aromatic carbocycles. The van der Waals surface area contributed by atoms with Crippen LogP contribution in [0.15, 0.2) is 35.3 Å². The Hall–Kier alpha value is -1.85. The lowest BCUT2D eigenvalue weighted by Crippen LogP contribution is -2.36. The van der Waals surface area contributed by atoms with Crippen LogP contribution < -0.4 is 10.3 Å². The maximum atomic E-state index is 12.4. The molecule has 142 valence electrons. The molecule has 0 aliphatic rings. The van der Waals surface area contributed by atoms with Crippen LogP contribution in [-0.4, -0.2) is 21.5 Å². The quantitative estimate of drug-likeness (QED) is 0.871. The summed E-state index contributed by atoms with van der Waals surface area (Å²) in [6.07, 6.45) is 0.787. The second kappa shape index (κ2) is 7.41. The number of ether oxygens (including phenoxy) is 1. The topological polar surface area (TPSA) is 64.3 Å². The van der Waals surface area contributed by atoms with Crippen LogP contribution in [0.2, 0.25) is 5.02 Å². The molecule has 1 unspecified atom stereocenters. The molecule has 0 saturated heterocycles. The first-order valence-corrected chi connectivity index (χ1v) is 8.99. The zero-order chi connectivity index (χ0) is 19.7. The molecular weight excluding hydrogens is 352 g/mol. The van der Waals surface area contributed by atoms with Gasteiger partial charge < -0.3 is 9.84 Å². The summed E-state index contributed by atoms with van der Waals surface area (Å²) >= 11 is 6.20. The molecular formula is C20H27ClN2O3. The summed E-state index contributed by atoms with van der Waals surface area (Å²) in [6, 6.07) is 7.86. The summed E-state index contributed by atoms with van der Waals surface area (Å²) in [5.74, 6) is 0.163.